The summed E-state index contributed by atoms with van der Waals surface area (Å²) in [5.41, 5.74) is 6.72. The summed E-state index contributed by atoms with van der Waals surface area (Å²) in [6, 6.07) is 7.33. The molecule has 1 saturated carbocycles. The van der Waals surface area contributed by atoms with Crippen molar-refractivity contribution >= 4 is 11.8 Å². The highest BCUT2D eigenvalue weighted by Gasteiger charge is 2.26. The van der Waals surface area contributed by atoms with Gasteiger partial charge in [-0.05, 0) is 50.7 Å². The lowest BCUT2D eigenvalue weighted by atomic mass is 9.79. The number of aryl methyl sites for hydroxylation is 1. The van der Waals surface area contributed by atoms with E-state index in [0.29, 0.717) is 5.56 Å². The largest absolute Gasteiger partial charge is 0.273 e. The summed E-state index contributed by atoms with van der Waals surface area (Å²) in [5.74, 6) is 0.496. The van der Waals surface area contributed by atoms with E-state index in [1.165, 1.54) is 25.7 Å². The molecule has 24 heavy (non-hydrogen) atoms. The van der Waals surface area contributed by atoms with Gasteiger partial charge in [0.1, 0.15) is 0 Å². The van der Waals surface area contributed by atoms with Crippen LogP contribution in [-0.4, -0.2) is 11.8 Å². The number of hydrogen-bond donors (Lipinski definition) is 2. The Labute approximate surface area is 145 Å². The highest BCUT2D eigenvalue weighted by molar-refractivity contribution is 5.95. The van der Waals surface area contributed by atoms with Gasteiger partial charge in [0.05, 0.1) is 0 Å². The number of carbonyl (C=O) groups is 2. The molecule has 2 rings (SSSR count). The minimum atomic E-state index is -0.264. The van der Waals surface area contributed by atoms with Crippen LogP contribution in [0.5, 0.6) is 0 Å². The second-order valence-electron chi connectivity index (χ2n) is 7.03. The first kappa shape index (κ1) is 18.5. The summed E-state index contributed by atoms with van der Waals surface area (Å²) in [6.45, 7) is 4.17. The molecule has 2 N–H and O–H groups in total. The molecule has 0 aliphatic heterocycles. The maximum absolute atomic E-state index is 12.2. The van der Waals surface area contributed by atoms with Crippen molar-refractivity contribution in [2.75, 3.05) is 0 Å². The van der Waals surface area contributed by atoms with Crippen molar-refractivity contribution in [2.24, 2.45) is 11.8 Å². The average molecular weight is 330 g/mol. The van der Waals surface area contributed by atoms with Gasteiger partial charge in [0.25, 0.3) is 5.91 Å². The Hall–Kier alpha value is -1.84. The maximum Gasteiger partial charge on any atom is 0.269 e. The van der Waals surface area contributed by atoms with Crippen molar-refractivity contribution in [1.29, 1.82) is 0 Å². The van der Waals surface area contributed by atoms with Crippen LogP contribution in [0.2, 0.25) is 0 Å². The second kappa shape index (κ2) is 9.45. The fourth-order valence-electron chi connectivity index (χ4n) is 3.48. The highest BCUT2D eigenvalue weighted by Crippen LogP contribution is 2.32. The van der Waals surface area contributed by atoms with E-state index in [-0.39, 0.29) is 17.7 Å². The van der Waals surface area contributed by atoms with E-state index >= 15 is 0 Å². The van der Waals surface area contributed by atoms with Crippen LogP contribution < -0.4 is 10.9 Å². The summed E-state index contributed by atoms with van der Waals surface area (Å²) in [7, 11) is 0. The number of carbonyl (C=O) groups excluding carboxylic acids is 2. The topological polar surface area (TPSA) is 58.2 Å². The third-order valence-electron chi connectivity index (χ3n) is 5.01. The first-order valence-electron chi connectivity index (χ1n) is 9.27. The predicted octanol–water partition coefficient (Wildman–Crippen LogP) is 4.14. The SMILES string of the molecule is CCCCCC1CCC(C(=O)NNC(=O)c2cccc(C)c2)CC1. The van der Waals surface area contributed by atoms with Crippen LogP contribution in [0.15, 0.2) is 24.3 Å². The molecule has 0 atom stereocenters. The molecule has 1 aliphatic rings. The minimum Gasteiger partial charge on any atom is -0.273 e. The third-order valence-corrected chi connectivity index (χ3v) is 5.01. The van der Waals surface area contributed by atoms with E-state index < -0.39 is 0 Å². The van der Waals surface area contributed by atoms with Gasteiger partial charge >= 0.3 is 0 Å². The van der Waals surface area contributed by atoms with Gasteiger partial charge in [-0.15, -0.1) is 0 Å². The van der Waals surface area contributed by atoms with Crippen LogP contribution in [-0.2, 0) is 4.79 Å². The molecule has 132 valence electrons. The zero-order valence-corrected chi connectivity index (χ0v) is 14.9. The molecule has 0 unspecified atom stereocenters. The van der Waals surface area contributed by atoms with E-state index in [0.717, 1.165) is 37.2 Å². The van der Waals surface area contributed by atoms with Crippen molar-refractivity contribution in [3.63, 3.8) is 0 Å². The molecule has 1 aromatic carbocycles. The number of hydrogen-bond acceptors (Lipinski definition) is 2. The number of amides is 2. The van der Waals surface area contributed by atoms with Crippen molar-refractivity contribution in [2.45, 2.75) is 65.2 Å². The number of nitrogens with one attached hydrogen (secondary N) is 2. The molecule has 0 aromatic heterocycles. The Morgan fingerprint density at radius 1 is 1.08 bits per heavy atom. The van der Waals surface area contributed by atoms with E-state index in [9.17, 15) is 9.59 Å². The standard InChI is InChI=1S/C20H30N2O2/c1-3-4-5-8-16-10-12-17(13-11-16)19(23)21-22-20(24)18-9-6-7-15(2)14-18/h6-7,9,14,16-17H,3-5,8,10-13H2,1-2H3,(H,21,23)(H,22,24). The summed E-state index contributed by atoms with van der Waals surface area (Å²) in [5, 5.41) is 0. The molecule has 1 fully saturated rings. The maximum atomic E-state index is 12.2. The van der Waals surface area contributed by atoms with Crippen LogP contribution in [0.4, 0.5) is 0 Å². The van der Waals surface area contributed by atoms with E-state index in [1.54, 1.807) is 6.07 Å². The molecular weight excluding hydrogens is 300 g/mol. The Morgan fingerprint density at radius 3 is 2.50 bits per heavy atom. The van der Waals surface area contributed by atoms with Crippen molar-refractivity contribution in [3.8, 4) is 0 Å². The zero-order chi connectivity index (χ0) is 17.4. The molecular formula is C20H30N2O2. The summed E-state index contributed by atoms with van der Waals surface area (Å²) < 4.78 is 0. The van der Waals surface area contributed by atoms with Crippen LogP contribution in [0, 0.1) is 18.8 Å². The second-order valence-corrected chi connectivity index (χ2v) is 7.03. The third kappa shape index (κ3) is 5.66. The molecule has 4 nitrogen and oxygen atoms in total. The van der Waals surface area contributed by atoms with Gasteiger partial charge in [-0.1, -0.05) is 50.3 Å². The molecule has 1 aliphatic carbocycles. The molecule has 4 heteroatoms. The van der Waals surface area contributed by atoms with E-state index in [4.69, 9.17) is 0 Å². The molecule has 0 radical (unpaired) electrons. The smallest absolute Gasteiger partial charge is 0.269 e. The fourth-order valence-corrected chi connectivity index (χ4v) is 3.48. The van der Waals surface area contributed by atoms with Crippen LogP contribution in [0.25, 0.3) is 0 Å². The van der Waals surface area contributed by atoms with Gasteiger partial charge in [-0.2, -0.15) is 0 Å². The molecule has 1 aromatic rings. The number of hydrazine groups is 1. The highest BCUT2D eigenvalue weighted by atomic mass is 16.2. The lowest BCUT2D eigenvalue weighted by molar-refractivity contribution is -0.127. The van der Waals surface area contributed by atoms with Crippen LogP contribution >= 0.6 is 0 Å². The average Bonchev–Trinajstić information content (AvgIpc) is 2.60. The van der Waals surface area contributed by atoms with Gasteiger partial charge in [-0.25, -0.2) is 0 Å². The van der Waals surface area contributed by atoms with Crippen LogP contribution in [0.3, 0.4) is 0 Å². The lowest BCUT2D eigenvalue weighted by Crippen LogP contribution is -2.45. The molecule has 0 saturated heterocycles. The van der Waals surface area contributed by atoms with Gasteiger partial charge in [0, 0.05) is 11.5 Å². The zero-order valence-electron chi connectivity index (χ0n) is 14.9. The first-order chi connectivity index (χ1) is 11.6. The molecule has 0 heterocycles. The Balaban J connectivity index is 1.71. The lowest BCUT2D eigenvalue weighted by Gasteiger charge is -2.27. The fraction of sp³-hybridized carbons (Fsp3) is 0.600. The van der Waals surface area contributed by atoms with Crippen LogP contribution in [0.1, 0.15) is 74.2 Å². The quantitative estimate of drug-likeness (QED) is 0.608. The Morgan fingerprint density at radius 2 is 1.83 bits per heavy atom. The van der Waals surface area contributed by atoms with Gasteiger partial charge in [0.2, 0.25) is 5.91 Å². The van der Waals surface area contributed by atoms with Crippen molar-refractivity contribution in [3.05, 3.63) is 35.4 Å². The van der Waals surface area contributed by atoms with Crippen molar-refractivity contribution < 1.29 is 9.59 Å². The van der Waals surface area contributed by atoms with Gasteiger partial charge in [-0.3, -0.25) is 20.4 Å². The molecule has 2 amide bonds. The monoisotopic (exact) mass is 330 g/mol. The summed E-state index contributed by atoms with van der Waals surface area (Å²) in [4.78, 5) is 24.3. The van der Waals surface area contributed by atoms with Gasteiger partial charge < -0.3 is 0 Å². The first-order valence-corrected chi connectivity index (χ1v) is 9.27. The Bertz CT molecular complexity index is 548. The minimum absolute atomic E-state index is 0.0326. The summed E-state index contributed by atoms with van der Waals surface area (Å²) in [6.07, 6.45) is 9.31. The van der Waals surface area contributed by atoms with E-state index in [1.807, 2.05) is 25.1 Å². The van der Waals surface area contributed by atoms with Crippen molar-refractivity contribution in [1.82, 2.24) is 10.9 Å². The summed E-state index contributed by atoms with van der Waals surface area (Å²) >= 11 is 0. The molecule has 0 bridgehead atoms. The molecule has 0 spiro atoms. The number of rotatable bonds is 6. The number of benzene rings is 1. The Kier molecular flexibility index (Phi) is 7.29. The number of unbranched alkanes of at least 4 members (excludes halogenated alkanes) is 2. The van der Waals surface area contributed by atoms with E-state index in [2.05, 4.69) is 17.8 Å². The normalized spacial score (nSPS) is 20.4. The van der Waals surface area contributed by atoms with Gasteiger partial charge in [0.15, 0.2) is 0 Å². The predicted molar refractivity (Wildman–Crippen MR) is 96.4 cm³/mol.